The zero-order valence-electron chi connectivity index (χ0n) is 23.8. The number of rotatable bonds is 10. The molecule has 1 fully saturated rings. The summed E-state index contributed by atoms with van der Waals surface area (Å²) in [6.45, 7) is 7.12. The molecule has 214 valence electrons. The first-order chi connectivity index (χ1) is 19.1. The number of carboxylic acid groups (broad SMARTS) is 1. The van der Waals surface area contributed by atoms with E-state index in [2.05, 4.69) is 24.5 Å². The van der Waals surface area contributed by atoms with E-state index in [1.165, 1.54) is 10.5 Å². The van der Waals surface area contributed by atoms with Gasteiger partial charge in [-0.05, 0) is 70.0 Å². The minimum absolute atomic E-state index is 0.0998. The van der Waals surface area contributed by atoms with Gasteiger partial charge in [-0.2, -0.15) is 0 Å². The minimum Gasteiger partial charge on any atom is -0.478 e. The van der Waals surface area contributed by atoms with Crippen LogP contribution < -0.4 is 15.8 Å². The maximum absolute atomic E-state index is 13.7. The normalized spacial score (nSPS) is 17.8. The smallest absolute Gasteiger partial charge is 0.328 e. The van der Waals surface area contributed by atoms with Gasteiger partial charge in [0.1, 0.15) is 17.5 Å². The van der Waals surface area contributed by atoms with Crippen molar-refractivity contribution < 1.29 is 14.7 Å². The molecular formula is C29H38N6O4S. The van der Waals surface area contributed by atoms with Crippen molar-refractivity contribution in [2.24, 2.45) is 0 Å². The van der Waals surface area contributed by atoms with Crippen LogP contribution in [0.5, 0.6) is 0 Å². The van der Waals surface area contributed by atoms with Crippen molar-refractivity contribution in [2.75, 3.05) is 32.1 Å². The van der Waals surface area contributed by atoms with Gasteiger partial charge in [0.15, 0.2) is 0 Å². The van der Waals surface area contributed by atoms with E-state index in [1.807, 2.05) is 43.0 Å². The predicted octanol–water partition coefficient (Wildman–Crippen LogP) is 3.19. The average molecular weight is 567 g/mol. The minimum atomic E-state index is -1.17. The number of pyridine rings is 1. The molecule has 11 heteroatoms. The molecule has 0 saturated carbocycles. The molecular weight excluding hydrogens is 528 g/mol. The second-order valence-corrected chi connectivity index (χ2v) is 11.6. The maximum Gasteiger partial charge on any atom is 0.328 e. The zero-order valence-corrected chi connectivity index (χ0v) is 24.6. The molecule has 4 rings (SSSR count). The number of hydrogen-bond acceptors (Lipinski definition) is 8. The molecule has 0 radical (unpaired) electrons. The van der Waals surface area contributed by atoms with Gasteiger partial charge in [0, 0.05) is 43.2 Å². The van der Waals surface area contributed by atoms with Crippen LogP contribution in [-0.4, -0.2) is 75.5 Å². The fourth-order valence-corrected chi connectivity index (χ4v) is 6.12. The molecule has 1 aliphatic rings. The van der Waals surface area contributed by atoms with Crippen LogP contribution in [0, 0.1) is 0 Å². The highest BCUT2D eigenvalue weighted by molar-refractivity contribution is 7.09. The van der Waals surface area contributed by atoms with E-state index in [0.717, 1.165) is 48.0 Å². The Morgan fingerprint density at radius 2 is 2.05 bits per heavy atom. The van der Waals surface area contributed by atoms with Gasteiger partial charge in [0.2, 0.25) is 5.91 Å². The molecule has 10 nitrogen and oxygen atoms in total. The third kappa shape index (κ3) is 6.42. The average Bonchev–Trinajstić information content (AvgIpc) is 3.40. The molecule has 1 aliphatic heterocycles. The lowest BCUT2D eigenvalue weighted by Gasteiger charge is -2.44. The highest BCUT2D eigenvalue weighted by Crippen LogP contribution is 2.29. The number of aliphatic carboxylic acids is 1. The molecule has 2 N–H and O–H groups in total. The van der Waals surface area contributed by atoms with Crippen molar-refractivity contribution in [3.63, 3.8) is 0 Å². The van der Waals surface area contributed by atoms with Gasteiger partial charge >= 0.3 is 5.97 Å². The van der Waals surface area contributed by atoms with Crippen molar-refractivity contribution in [3.05, 3.63) is 62.0 Å². The van der Waals surface area contributed by atoms with E-state index in [1.54, 1.807) is 17.5 Å². The van der Waals surface area contributed by atoms with Crippen LogP contribution in [-0.2, 0) is 22.4 Å². The molecule has 0 aromatic carbocycles. The number of aryl methyl sites for hydroxylation is 2. The van der Waals surface area contributed by atoms with Gasteiger partial charge in [0.05, 0.1) is 16.3 Å². The number of carboxylic acids is 1. The number of fused-ring (bicyclic) bond motifs is 1. The second-order valence-electron chi connectivity index (χ2n) is 10.6. The number of amides is 1. The molecule has 1 amide bonds. The van der Waals surface area contributed by atoms with Gasteiger partial charge in [-0.25, -0.2) is 14.8 Å². The Balaban J connectivity index is 1.79. The highest BCUT2D eigenvalue weighted by Gasteiger charge is 2.39. The number of anilines is 1. The summed E-state index contributed by atoms with van der Waals surface area (Å²) in [5.41, 5.74) is 2.32. The Bertz CT molecular complexity index is 1460. The predicted molar refractivity (Wildman–Crippen MR) is 158 cm³/mol. The molecule has 2 atom stereocenters. The number of aromatic nitrogens is 3. The van der Waals surface area contributed by atoms with Crippen molar-refractivity contribution in [3.8, 4) is 0 Å². The van der Waals surface area contributed by atoms with Crippen LogP contribution >= 0.6 is 11.3 Å². The van der Waals surface area contributed by atoms with E-state index in [4.69, 9.17) is 9.97 Å². The maximum atomic E-state index is 13.7. The zero-order chi connectivity index (χ0) is 29.0. The standard InChI is InChI=1S/C29H38N6O4S/c1-6-30-28(38)26-22(33(4)5)8-7-14-35(26)27-20(10-12-25(36)37)29(39)34-15-13-19(16-23(34)32-27)9-11-24-31-21(17-40-24)18(2)3/h10,12-13,15-18,22,26H,6-9,11,14H2,1-5H3,(H,30,38)(H,36,37). The lowest BCUT2D eigenvalue weighted by molar-refractivity contribution is -0.131. The first kappa shape index (κ1) is 29.4. The quantitative estimate of drug-likeness (QED) is 0.359. The van der Waals surface area contributed by atoms with Crippen LogP contribution in [0.15, 0.2) is 34.6 Å². The molecule has 1 saturated heterocycles. The molecule has 4 heterocycles. The summed E-state index contributed by atoms with van der Waals surface area (Å²) in [4.78, 5) is 52.0. The Hall–Kier alpha value is -3.57. The monoisotopic (exact) mass is 566 g/mol. The molecule has 3 aromatic heterocycles. The third-order valence-corrected chi connectivity index (χ3v) is 8.17. The van der Waals surface area contributed by atoms with E-state index < -0.39 is 12.0 Å². The van der Waals surface area contributed by atoms with Crippen LogP contribution in [0.1, 0.15) is 61.4 Å². The lowest BCUT2D eigenvalue weighted by Crippen LogP contribution is -2.61. The van der Waals surface area contributed by atoms with E-state index in [-0.39, 0.29) is 23.1 Å². The number of piperidine rings is 1. The largest absolute Gasteiger partial charge is 0.478 e. The fraction of sp³-hybridized carbons (Fsp3) is 0.483. The Morgan fingerprint density at radius 3 is 2.70 bits per heavy atom. The van der Waals surface area contributed by atoms with Crippen LogP contribution in [0.25, 0.3) is 11.7 Å². The molecule has 0 bridgehead atoms. The Kier molecular flexibility index (Phi) is 9.36. The van der Waals surface area contributed by atoms with E-state index >= 15 is 0 Å². The lowest BCUT2D eigenvalue weighted by atomic mass is 9.93. The van der Waals surface area contributed by atoms with E-state index in [0.29, 0.717) is 30.5 Å². The SMILES string of the molecule is CCNC(=O)C1C(N(C)C)CCCN1c1nc2cc(CCc3nc(C(C)C)cs3)ccn2c(=O)c1C=CC(=O)O. The summed E-state index contributed by atoms with van der Waals surface area (Å²) in [5, 5.41) is 15.4. The summed E-state index contributed by atoms with van der Waals surface area (Å²) in [5.74, 6) is -0.605. The highest BCUT2D eigenvalue weighted by atomic mass is 32.1. The van der Waals surface area contributed by atoms with Gasteiger partial charge in [0.25, 0.3) is 5.56 Å². The fourth-order valence-electron chi connectivity index (χ4n) is 5.16. The summed E-state index contributed by atoms with van der Waals surface area (Å²) < 4.78 is 1.43. The second kappa shape index (κ2) is 12.7. The molecule has 2 unspecified atom stereocenters. The van der Waals surface area contributed by atoms with Crippen molar-refractivity contribution in [1.82, 2.24) is 24.6 Å². The number of nitrogens with zero attached hydrogens (tertiary/aromatic N) is 5. The number of hydrogen-bond donors (Lipinski definition) is 2. The van der Waals surface area contributed by atoms with Crippen LogP contribution in [0.2, 0.25) is 0 Å². The first-order valence-electron chi connectivity index (χ1n) is 13.7. The molecule has 40 heavy (non-hydrogen) atoms. The van der Waals surface area contributed by atoms with Crippen molar-refractivity contribution >= 4 is 40.8 Å². The number of thiazole rings is 1. The van der Waals surface area contributed by atoms with E-state index in [9.17, 15) is 19.5 Å². The Morgan fingerprint density at radius 1 is 1.27 bits per heavy atom. The van der Waals surface area contributed by atoms with Gasteiger partial charge in [-0.3, -0.25) is 14.0 Å². The molecule has 3 aromatic rings. The van der Waals surface area contributed by atoms with Crippen molar-refractivity contribution in [2.45, 2.75) is 64.5 Å². The summed E-state index contributed by atoms with van der Waals surface area (Å²) in [6.07, 6.45) is 7.04. The summed E-state index contributed by atoms with van der Waals surface area (Å²) in [6, 6.07) is 3.09. The topological polar surface area (TPSA) is 120 Å². The number of likely N-dealkylation sites (N-methyl/N-ethyl adjacent to an activating group) is 2. The number of carbonyl (C=O) groups is 2. The summed E-state index contributed by atoms with van der Waals surface area (Å²) in [7, 11) is 3.88. The molecule has 0 aliphatic carbocycles. The molecule has 0 spiro atoms. The first-order valence-corrected chi connectivity index (χ1v) is 14.6. The van der Waals surface area contributed by atoms with Crippen LogP contribution in [0.3, 0.4) is 0 Å². The van der Waals surface area contributed by atoms with Gasteiger partial charge in [-0.15, -0.1) is 11.3 Å². The van der Waals surface area contributed by atoms with Gasteiger partial charge in [-0.1, -0.05) is 13.8 Å². The summed E-state index contributed by atoms with van der Waals surface area (Å²) >= 11 is 1.66. The van der Waals surface area contributed by atoms with Gasteiger partial charge < -0.3 is 20.2 Å². The number of carbonyl (C=O) groups excluding carboxylic acids is 1. The van der Waals surface area contributed by atoms with Crippen molar-refractivity contribution in [1.29, 1.82) is 0 Å². The Labute approximate surface area is 238 Å². The van der Waals surface area contributed by atoms with Crippen LogP contribution in [0.4, 0.5) is 5.82 Å². The number of nitrogens with one attached hydrogen (secondary N) is 1. The third-order valence-electron chi connectivity index (χ3n) is 7.24.